The maximum absolute atomic E-state index is 13.1. The molecule has 96 valence electrons. The number of hydrogen-bond acceptors (Lipinski definition) is 2. The van der Waals surface area contributed by atoms with E-state index in [-0.39, 0.29) is 11.9 Å². The van der Waals surface area contributed by atoms with E-state index in [4.69, 9.17) is 16.3 Å². The minimum absolute atomic E-state index is 0.226. The third-order valence-corrected chi connectivity index (χ3v) is 2.76. The van der Waals surface area contributed by atoms with Crippen LogP contribution >= 0.6 is 11.6 Å². The first-order chi connectivity index (χ1) is 8.04. The zero-order valence-electron chi connectivity index (χ0n) is 10.5. The maximum atomic E-state index is 13.1. The van der Waals surface area contributed by atoms with Gasteiger partial charge in [-0.05, 0) is 37.6 Å². The smallest absolute Gasteiger partial charge is 0.123 e. The molecule has 0 amide bonds. The van der Waals surface area contributed by atoms with Gasteiger partial charge in [0.25, 0.3) is 0 Å². The molecule has 0 aliphatic rings. The van der Waals surface area contributed by atoms with Crippen LogP contribution < -0.4 is 4.90 Å². The van der Waals surface area contributed by atoms with Crippen LogP contribution in [0.3, 0.4) is 0 Å². The molecule has 0 saturated carbocycles. The number of ether oxygens (including phenoxy) is 1. The molecule has 0 saturated heterocycles. The van der Waals surface area contributed by atoms with Gasteiger partial charge >= 0.3 is 0 Å². The minimum Gasteiger partial charge on any atom is -0.377 e. The third-order valence-electron chi connectivity index (χ3n) is 2.47. The second kappa shape index (κ2) is 6.82. The number of likely N-dealkylation sites (N-methyl/N-ethyl adjacent to an activating group) is 1. The van der Waals surface area contributed by atoms with E-state index in [1.807, 2.05) is 25.8 Å². The van der Waals surface area contributed by atoms with Gasteiger partial charge in [0.1, 0.15) is 5.82 Å². The molecule has 0 N–H and O–H groups in total. The predicted molar refractivity (Wildman–Crippen MR) is 70.3 cm³/mol. The topological polar surface area (TPSA) is 12.5 Å². The van der Waals surface area contributed by atoms with Crippen LogP contribution in [0.25, 0.3) is 0 Å². The molecule has 0 aromatic heterocycles. The van der Waals surface area contributed by atoms with Crippen molar-refractivity contribution in [1.29, 1.82) is 0 Å². The standard InChI is InChI=1S/C13H19ClFNO/c1-10(2)17-7-6-16(3)13-5-4-12(15)8-11(13)9-14/h4-5,8,10H,6-7,9H2,1-3H3. The number of halogens is 2. The highest BCUT2D eigenvalue weighted by atomic mass is 35.5. The first kappa shape index (κ1) is 14.3. The van der Waals surface area contributed by atoms with Crippen molar-refractivity contribution in [1.82, 2.24) is 0 Å². The first-order valence-electron chi connectivity index (χ1n) is 5.71. The summed E-state index contributed by atoms with van der Waals surface area (Å²) in [5.74, 6) is 0.0545. The molecular formula is C13H19ClFNO. The fraction of sp³-hybridized carbons (Fsp3) is 0.538. The van der Waals surface area contributed by atoms with E-state index in [9.17, 15) is 4.39 Å². The summed E-state index contributed by atoms with van der Waals surface area (Å²) in [5, 5.41) is 0. The molecule has 0 aliphatic heterocycles. The van der Waals surface area contributed by atoms with Crippen LogP contribution in [-0.2, 0) is 10.6 Å². The van der Waals surface area contributed by atoms with Gasteiger partial charge in [-0.2, -0.15) is 0 Å². The normalized spacial score (nSPS) is 10.9. The Bertz CT molecular complexity index is 357. The second-order valence-corrected chi connectivity index (χ2v) is 4.52. The van der Waals surface area contributed by atoms with Crippen molar-refractivity contribution in [3.8, 4) is 0 Å². The minimum atomic E-state index is -0.253. The molecule has 0 atom stereocenters. The quantitative estimate of drug-likeness (QED) is 0.726. The fourth-order valence-corrected chi connectivity index (χ4v) is 1.79. The van der Waals surface area contributed by atoms with E-state index >= 15 is 0 Å². The summed E-state index contributed by atoms with van der Waals surface area (Å²) in [4.78, 5) is 2.03. The molecule has 0 spiro atoms. The lowest BCUT2D eigenvalue weighted by atomic mass is 10.2. The van der Waals surface area contributed by atoms with Gasteiger partial charge in [-0.15, -0.1) is 11.6 Å². The zero-order chi connectivity index (χ0) is 12.8. The molecule has 0 radical (unpaired) electrons. The van der Waals surface area contributed by atoms with Crippen LogP contribution in [0, 0.1) is 5.82 Å². The van der Waals surface area contributed by atoms with Gasteiger partial charge in [0.15, 0.2) is 0 Å². The van der Waals surface area contributed by atoms with Crippen LogP contribution in [-0.4, -0.2) is 26.3 Å². The van der Waals surface area contributed by atoms with Crippen molar-refractivity contribution >= 4 is 17.3 Å². The van der Waals surface area contributed by atoms with E-state index in [2.05, 4.69) is 0 Å². The number of hydrogen-bond donors (Lipinski definition) is 0. The van der Waals surface area contributed by atoms with Crippen molar-refractivity contribution in [2.24, 2.45) is 0 Å². The summed E-state index contributed by atoms with van der Waals surface area (Å²) < 4.78 is 18.5. The zero-order valence-corrected chi connectivity index (χ0v) is 11.3. The molecule has 0 heterocycles. The van der Waals surface area contributed by atoms with E-state index in [0.29, 0.717) is 12.5 Å². The van der Waals surface area contributed by atoms with Gasteiger partial charge in [0, 0.05) is 25.2 Å². The average molecular weight is 260 g/mol. The molecule has 0 aliphatic carbocycles. The molecule has 1 aromatic rings. The molecule has 4 heteroatoms. The Hall–Kier alpha value is -0.800. The summed E-state index contributed by atoms with van der Waals surface area (Å²) in [6.45, 7) is 5.41. The number of anilines is 1. The Morgan fingerprint density at radius 1 is 1.41 bits per heavy atom. The molecular weight excluding hydrogens is 241 g/mol. The van der Waals surface area contributed by atoms with Crippen LogP contribution in [0.5, 0.6) is 0 Å². The lowest BCUT2D eigenvalue weighted by Crippen LogP contribution is -2.24. The molecule has 17 heavy (non-hydrogen) atoms. The largest absolute Gasteiger partial charge is 0.377 e. The van der Waals surface area contributed by atoms with Crippen molar-refractivity contribution < 1.29 is 9.13 Å². The first-order valence-corrected chi connectivity index (χ1v) is 6.25. The highest BCUT2D eigenvalue weighted by Crippen LogP contribution is 2.22. The number of benzene rings is 1. The number of rotatable bonds is 6. The van der Waals surface area contributed by atoms with E-state index in [1.165, 1.54) is 12.1 Å². The Kier molecular flexibility index (Phi) is 5.72. The molecule has 2 nitrogen and oxygen atoms in total. The van der Waals surface area contributed by atoms with Crippen molar-refractivity contribution in [2.45, 2.75) is 25.8 Å². The highest BCUT2D eigenvalue weighted by Gasteiger charge is 2.08. The second-order valence-electron chi connectivity index (χ2n) is 4.25. The predicted octanol–water partition coefficient (Wildman–Crippen LogP) is 3.43. The molecule has 0 unspecified atom stereocenters. The summed E-state index contributed by atoms with van der Waals surface area (Å²) >= 11 is 5.81. The van der Waals surface area contributed by atoms with Gasteiger partial charge in [-0.25, -0.2) is 4.39 Å². The van der Waals surface area contributed by atoms with E-state index in [0.717, 1.165) is 17.8 Å². The van der Waals surface area contributed by atoms with Crippen LogP contribution in [0.1, 0.15) is 19.4 Å². The van der Waals surface area contributed by atoms with Gasteiger partial charge in [-0.3, -0.25) is 0 Å². The Morgan fingerprint density at radius 3 is 2.71 bits per heavy atom. The Labute approximate surface area is 107 Å². The van der Waals surface area contributed by atoms with Crippen molar-refractivity contribution in [3.05, 3.63) is 29.6 Å². The lowest BCUT2D eigenvalue weighted by molar-refractivity contribution is 0.0846. The third kappa shape index (κ3) is 4.52. The van der Waals surface area contributed by atoms with Crippen LogP contribution in [0.4, 0.5) is 10.1 Å². The van der Waals surface area contributed by atoms with Gasteiger partial charge in [0.2, 0.25) is 0 Å². The fourth-order valence-electron chi connectivity index (χ4n) is 1.58. The average Bonchev–Trinajstić information content (AvgIpc) is 2.28. The summed E-state index contributed by atoms with van der Waals surface area (Å²) in [7, 11) is 1.95. The Morgan fingerprint density at radius 2 is 2.12 bits per heavy atom. The monoisotopic (exact) mass is 259 g/mol. The van der Waals surface area contributed by atoms with Crippen LogP contribution in [0.15, 0.2) is 18.2 Å². The highest BCUT2D eigenvalue weighted by molar-refractivity contribution is 6.17. The Balaban J connectivity index is 2.64. The van der Waals surface area contributed by atoms with Crippen LogP contribution in [0.2, 0.25) is 0 Å². The maximum Gasteiger partial charge on any atom is 0.123 e. The van der Waals surface area contributed by atoms with E-state index in [1.54, 1.807) is 6.07 Å². The molecule has 1 rings (SSSR count). The SMILES string of the molecule is CC(C)OCCN(C)c1ccc(F)cc1CCl. The van der Waals surface area contributed by atoms with E-state index < -0.39 is 0 Å². The summed E-state index contributed by atoms with van der Waals surface area (Å²) in [5.41, 5.74) is 1.76. The van der Waals surface area contributed by atoms with Crippen molar-refractivity contribution in [2.75, 3.05) is 25.1 Å². The van der Waals surface area contributed by atoms with Gasteiger partial charge < -0.3 is 9.64 Å². The summed E-state index contributed by atoms with van der Waals surface area (Å²) in [6.07, 6.45) is 0.226. The number of nitrogens with zero attached hydrogens (tertiary/aromatic N) is 1. The number of alkyl halides is 1. The lowest BCUT2D eigenvalue weighted by Gasteiger charge is -2.22. The van der Waals surface area contributed by atoms with Gasteiger partial charge in [0.05, 0.1) is 12.7 Å². The summed E-state index contributed by atoms with van der Waals surface area (Å²) in [6, 6.07) is 4.68. The van der Waals surface area contributed by atoms with Gasteiger partial charge in [-0.1, -0.05) is 0 Å². The molecule has 0 fully saturated rings. The van der Waals surface area contributed by atoms with Crippen molar-refractivity contribution in [3.63, 3.8) is 0 Å². The molecule has 1 aromatic carbocycles. The molecule has 0 bridgehead atoms.